The Kier molecular flexibility index (Phi) is 4.53. The number of nitrogens with two attached hydrogens (primary N) is 1. The summed E-state index contributed by atoms with van der Waals surface area (Å²) < 4.78 is 27.8. The molecule has 0 aliphatic heterocycles. The molecule has 3 N–H and O–H groups in total. The molecule has 0 bridgehead atoms. The summed E-state index contributed by atoms with van der Waals surface area (Å²) in [6.45, 7) is 4.18. The minimum atomic E-state index is -1.04. The molecule has 0 fully saturated rings. The molecule has 0 spiro atoms. The number of nitrogens with one attached hydrogen (secondary N) is 1. The van der Waals surface area contributed by atoms with Crippen molar-refractivity contribution in [3.63, 3.8) is 0 Å². The molecule has 5 heteroatoms. The van der Waals surface area contributed by atoms with Gasteiger partial charge < -0.3 is 11.1 Å². The number of thiocarbonyl (C=S) groups is 1. The van der Waals surface area contributed by atoms with Gasteiger partial charge in [0.15, 0.2) is 11.6 Å². The maximum atomic E-state index is 14.0. The number of rotatable bonds is 4. The average molecular weight is 306 g/mol. The Morgan fingerprint density at radius 2 is 1.67 bits per heavy atom. The van der Waals surface area contributed by atoms with E-state index in [0.29, 0.717) is 11.6 Å². The molecule has 0 aliphatic rings. The van der Waals surface area contributed by atoms with E-state index in [2.05, 4.69) is 31.4 Å². The molecule has 0 aromatic heterocycles. The van der Waals surface area contributed by atoms with E-state index in [1.165, 1.54) is 17.7 Å². The summed E-state index contributed by atoms with van der Waals surface area (Å²) in [5.41, 5.74) is 7.15. The summed E-state index contributed by atoms with van der Waals surface area (Å²) in [6.07, 6.45) is 0. The molecule has 110 valence electrons. The Morgan fingerprint density at radius 3 is 2.19 bits per heavy atom. The quantitative estimate of drug-likeness (QED) is 0.819. The van der Waals surface area contributed by atoms with Crippen LogP contribution in [0, 0.1) is 11.6 Å². The third-order valence-electron chi connectivity index (χ3n) is 3.20. The molecular formula is C16H16F2N2S. The highest BCUT2D eigenvalue weighted by atomic mass is 32.1. The first-order valence-corrected chi connectivity index (χ1v) is 6.95. The first-order valence-electron chi connectivity index (χ1n) is 6.55. The summed E-state index contributed by atoms with van der Waals surface area (Å²) in [7, 11) is 0. The highest BCUT2D eigenvalue weighted by Crippen LogP contribution is 2.25. The first kappa shape index (κ1) is 15.4. The van der Waals surface area contributed by atoms with Gasteiger partial charge in [-0.05, 0) is 35.7 Å². The largest absolute Gasteiger partial charge is 0.389 e. The lowest BCUT2D eigenvalue weighted by molar-refractivity contribution is 0.510. The lowest BCUT2D eigenvalue weighted by Gasteiger charge is -2.11. The fraction of sp³-hybridized carbons (Fsp3) is 0.188. The van der Waals surface area contributed by atoms with Crippen LogP contribution in [0.2, 0.25) is 0 Å². The predicted octanol–water partition coefficient (Wildman–Crippen LogP) is 4.47. The van der Waals surface area contributed by atoms with Gasteiger partial charge in [0.1, 0.15) is 4.99 Å². The average Bonchev–Trinajstić information content (AvgIpc) is 2.44. The Balaban J connectivity index is 2.27. The van der Waals surface area contributed by atoms with E-state index in [-0.39, 0.29) is 16.2 Å². The van der Waals surface area contributed by atoms with E-state index >= 15 is 0 Å². The molecule has 0 heterocycles. The van der Waals surface area contributed by atoms with Gasteiger partial charge in [-0.1, -0.05) is 38.2 Å². The lowest BCUT2D eigenvalue weighted by atomic mass is 10.0. The SMILES string of the molecule is CC(C)c1ccc(Nc2ccc(C(N)=S)c(F)c2F)cc1. The van der Waals surface area contributed by atoms with Crippen molar-refractivity contribution in [1.82, 2.24) is 0 Å². The van der Waals surface area contributed by atoms with Crippen LogP contribution in [0.1, 0.15) is 30.9 Å². The molecule has 2 aromatic rings. The Bertz CT molecular complexity index is 667. The molecule has 2 aromatic carbocycles. The highest BCUT2D eigenvalue weighted by Gasteiger charge is 2.15. The fourth-order valence-electron chi connectivity index (χ4n) is 1.94. The van der Waals surface area contributed by atoms with Crippen LogP contribution in [-0.4, -0.2) is 4.99 Å². The van der Waals surface area contributed by atoms with Crippen LogP contribution in [0.25, 0.3) is 0 Å². The van der Waals surface area contributed by atoms with Crippen molar-refractivity contribution < 1.29 is 8.78 Å². The van der Waals surface area contributed by atoms with Crippen molar-refractivity contribution in [3.05, 3.63) is 59.2 Å². The molecule has 0 radical (unpaired) electrons. The molecule has 0 aliphatic carbocycles. The van der Waals surface area contributed by atoms with Gasteiger partial charge in [0.2, 0.25) is 0 Å². The first-order chi connectivity index (χ1) is 9.90. The minimum Gasteiger partial charge on any atom is -0.389 e. The maximum Gasteiger partial charge on any atom is 0.182 e. The van der Waals surface area contributed by atoms with Crippen LogP contribution in [0.4, 0.5) is 20.2 Å². The second-order valence-electron chi connectivity index (χ2n) is 5.05. The van der Waals surface area contributed by atoms with Gasteiger partial charge in [-0.25, -0.2) is 8.78 Å². The van der Waals surface area contributed by atoms with Crippen molar-refractivity contribution in [2.24, 2.45) is 5.73 Å². The van der Waals surface area contributed by atoms with Crippen LogP contribution in [0.5, 0.6) is 0 Å². The topological polar surface area (TPSA) is 38.0 Å². The second kappa shape index (κ2) is 6.18. The smallest absolute Gasteiger partial charge is 0.182 e. The maximum absolute atomic E-state index is 14.0. The van der Waals surface area contributed by atoms with Gasteiger partial charge in [-0.15, -0.1) is 0 Å². The van der Waals surface area contributed by atoms with E-state index < -0.39 is 11.6 Å². The molecule has 0 atom stereocenters. The summed E-state index contributed by atoms with van der Waals surface area (Å²) in [5.74, 6) is -1.61. The zero-order chi connectivity index (χ0) is 15.6. The van der Waals surface area contributed by atoms with E-state index in [9.17, 15) is 8.78 Å². The van der Waals surface area contributed by atoms with Crippen molar-refractivity contribution >= 4 is 28.6 Å². The summed E-state index contributed by atoms with van der Waals surface area (Å²) in [6, 6.07) is 10.3. The molecule has 0 saturated heterocycles. The summed E-state index contributed by atoms with van der Waals surface area (Å²) in [5, 5.41) is 2.85. The molecule has 21 heavy (non-hydrogen) atoms. The third kappa shape index (κ3) is 3.36. The van der Waals surface area contributed by atoms with Crippen LogP contribution >= 0.6 is 12.2 Å². The van der Waals surface area contributed by atoms with Crippen LogP contribution in [0.3, 0.4) is 0 Å². The molecule has 2 nitrogen and oxygen atoms in total. The summed E-state index contributed by atoms with van der Waals surface area (Å²) >= 11 is 4.67. The van der Waals surface area contributed by atoms with E-state index in [0.717, 1.165) is 0 Å². The Labute approximate surface area is 128 Å². The van der Waals surface area contributed by atoms with Gasteiger partial charge in [-0.2, -0.15) is 0 Å². The Hall–Kier alpha value is -2.01. The molecule has 0 unspecified atom stereocenters. The third-order valence-corrected chi connectivity index (χ3v) is 3.42. The van der Waals surface area contributed by atoms with Crippen molar-refractivity contribution in [2.75, 3.05) is 5.32 Å². The molecule has 0 amide bonds. The number of halogens is 2. The van der Waals surface area contributed by atoms with Crippen molar-refractivity contribution in [1.29, 1.82) is 0 Å². The normalized spacial score (nSPS) is 10.7. The van der Waals surface area contributed by atoms with Crippen molar-refractivity contribution in [2.45, 2.75) is 19.8 Å². The van der Waals surface area contributed by atoms with Gasteiger partial charge in [-0.3, -0.25) is 0 Å². The summed E-state index contributed by atoms with van der Waals surface area (Å²) in [4.78, 5) is -0.167. The molecular weight excluding hydrogens is 290 g/mol. The lowest BCUT2D eigenvalue weighted by Crippen LogP contribution is -2.13. The zero-order valence-electron chi connectivity index (χ0n) is 11.8. The van der Waals surface area contributed by atoms with Gasteiger partial charge in [0, 0.05) is 11.3 Å². The number of hydrogen-bond acceptors (Lipinski definition) is 2. The monoisotopic (exact) mass is 306 g/mol. The van der Waals surface area contributed by atoms with E-state index in [1.54, 1.807) is 0 Å². The zero-order valence-corrected chi connectivity index (χ0v) is 12.6. The van der Waals surface area contributed by atoms with E-state index in [4.69, 9.17) is 5.73 Å². The highest BCUT2D eigenvalue weighted by molar-refractivity contribution is 7.80. The molecule has 0 saturated carbocycles. The molecule has 2 rings (SSSR count). The minimum absolute atomic E-state index is 0.0461. The van der Waals surface area contributed by atoms with Crippen LogP contribution in [-0.2, 0) is 0 Å². The second-order valence-corrected chi connectivity index (χ2v) is 5.49. The van der Waals surface area contributed by atoms with Crippen LogP contribution < -0.4 is 11.1 Å². The number of hydrogen-bond donors (Lipinski definition) is 2. The number of benzene rings is 2. The van der Waals surface area contributed by atoms with E-state index in [1.807, 2.05) is 24.3 Å². The number of anilines is 2. The predicted molar refractivity (Wildman–Crippen MR) is 86.1 cm³/mol. The van der Waals surface area contributed by atoms with Gasteiger partial charge in [0.05, 0.1) is 5.69 Å². The van der Waals surface area contributed by atoms with Crippen molar-refractivity contribution in [3.8, 4) is 0 Å². The standard InChI is InChI=1S/C16H16F2N2S/c1-9(2)10-3-5-11(6-4-10)20-13-8-7-12(16(19)21)14(17)15(13)18/h3-9,20H,1-2H3,(H2,19,21). The fourth-order valence-corrected chi connectivity index (χ4v) is 2.10. The van der Waals surface area contributed by atoms with Gasteiger partial charge in [0.25, 0.3) is 0 Å². The Morgan fingerprint density at radius 1 is 1.05 bits per heavy atom. The van der Waals surface area contributed by atoms with Gasteiger partial charge >= 0.3 is 0 Å². The van der Waals surface area contributed by atoms with Crippen LogP contribution in [0.15, 0.2) is 36.4 Å².